The van der Waals surface area contributed by atoms with Crippen LogP contribution in [0.5, 0.6) is 0 Å². The topological polar surface area (TPSA) is 88.4 Å². The molecule has 1 amide bonds. The van der Waals surface area contributed by atoms with Gasteiger partial charge in [-0.25, -0.2) is 22.5 Å². The molecule has 2 aromatic carbocycles. The standard InChI is InChI=1S/C32H34FN5O3S/c1-42(40,41)30-12-7-23(19-34-30)21-36-16-13-25(14-17-36)31-29(20-35-38(31)28-10-8-27(33)9-11-28)32(39)37-18-15-26(22-37)24-5-3-2-4-6-24/h2-12,19-20,25-26H,13-18,21-22H2,1H3/t26-/m0/s1. The first kappa shape index (κ1) is 28.2. The Morgan fingerprint density at radius 1 is 0.905 bits per heavy atom. The van der Waals surface area contributed by atoms with E-state index in [9.17, 15) is 17.6 Å². The number of piperidine rings is 1. The molecule has 10 heteroatoms. The minimum Gasteiger partial charge on any atom is -0.338 e. The molecule has 2 fully saturated rings. The maximum atomic E-state index is 13.9. The molecule has 4 aromatic rings. The highest BCUT2D eigenvalue weighted by atomic mass is 32.2. The fraction of sp³-hybridized carbons (Fsp3) is 0.344. The van der Waals surface area contributed by atoms with Crippen molar-refractivity contribution in [2.24, 2.45) is 0 Å². The normalized spacial score (nSPS) is 18.4. The van der Waals surface area contributed by atoms with Gasteiger partial charge in [0, 0.05) is 43.9 Å². The number of sulfone groups is 1. The lowest BCUT2D eigenvalue weighted by Crippen LogP contribution is -2.34. The van der Waals surface area contributed by atoms with Crippen LogP contribution >= 0.6 is 0 Å². The number of carbonyl (C=O) groups is 1. The van der Waals surface area contributed by atoms with Gasteiger partial charge in [0.1, 0.15) is 5.82 Å². The number of hydrogen-bond donors (Lipinski definition) is 0. The lowest BCUT2D eigenvalue weighted by molar-refractivity contribution is 0.0788. The van der Waals surface area contributed by atoms with Gasteiger partial charge in [-0.2, -0.15) is 5.10 Å². The number of carbonyl (C=O) groups excluding carboxylic acids is 1. The van der Waals surface area contributed by atoms with E-state index in [0.29, 0.717) is 31.1 Å². The molecule has 0 unspecified atom stereocenters. The van der Waals surface area contributed by atoms with Gasteiger partial charge in [-0.05, 0) is 73.8 Å². The minimum absolute atomic E-state index is 0.00346. The summed E-state index contributed by atoms with van der Waals surface area (Å²) in [4.78, 5) is 22.3. The number of amides is 1. The van der Waals surface area contributed by atoms with Crippen molar-refractivity contribution in [2.45, 2.75) is 42.7 Å². The monoisotopic (exact) mass is 587 g/mol. The Morgan fingerprint density at radius 2 is 1.62 bits per heavy atom. The van der Waals surface area contributed by atoms with Crippen LogP contribution in [0.15, 0.2) is 84.1 Å². The Kier molecular flexibility index (Phi) is 7.92. The quantitative estimate of drug-likeness (QED) is 0.308. The zero-order valence-corrected chi connectivity index (χ0v) is 24.4. The molecule has 0 radical (unpaired) electrons. The number of pyridine rings is 1. The number of benzene rings is 2. The first-order valence-corrected chi connectivity index (χ1v) is 16.2. The minimum atomic E-state index is -3.33. The Labute approximate surface area is 245 Å². The Bertz CT molecular complexity index is 1650. The summed E-state index contributed by atoms with van der Waals surface area (Å²) < 4.78 is 39.0. The molecule has 0 saturated carbocycles. The molecule has 0 N–H and O–H groups in total. The van der Waals surface area contributed by atoms with Crippen molar-refractivity contribution in [3.8, 4) is 5.69 Å². The molecule has 0 bridgehead atoms. The smallest absolute Gasteiger partial charge is 0.257 e. The van der Waals surface area contributed by atoms with E-state index in [1.165, 1.54) is 17.7 Å². The molecule has 2 saturated heterocycles. The lowest BCUT2D eigenvalue weighted by atomic mass is 9.90. The summed E-state index contributed by atoms with van der Waals surface area (Å²) in [6.45, 7) is 3.65. The fourth-order valence-electron chi connectivity index (χ4n) is 6.16. The molecule has 2 aliphatic heterocycles. The van der Waals surface area contributed by atoms with Crippen LogP contribution < -0.4 is 0 Å². The van der Waals surface area contributed by atoms with Gasteiger partial charge in [0.05, 0.1) is 23.1 Å². The summed E-state index contributed by atoms with van der Waals surface area (Å²) in [7, 11) is -3.33. The summed E-state index contributed by atoms with van der Waals surface area (Å²) in [5, 5.41) is 4.72. The Balaban J connectivity index is 1.21. The third-order valence-electron chi connectivity index (χ3n) is 8.41. The lowest BCUT2D eigenvalue weighted by Gasteiger charge is -2.33. The summed E-state index contributed by atoms with van der Waals surface area (Å²) in [6.07, 6.45) is 7.04. The number of likely N-dealkylation sites (tertiary alicyclic amines) is 2. The molecule has 8 nitrogen and oxygen atoms in total. The van der Waals surface area contributed by atoms with Crippen molar-refractivity contribution in [3.05, 3.63) is 107 Å². The zero-order valence-electron chi connectivity index (χ0n) is 23.6. The molecular formula is C32H34FN5O3S. The first-order chi connectivity index (χ1) is 20.3. The summed E-state index contributed by atoms with van der Waals surface area (Å²) in [6, 6.07) is 19.9. The third-order valence-corrected chi connectivity index (χ3v) is 9.41. The SMILES string of the molecule is CS(=O)(=O)c1ccc(CN2CCC(c3c(C(=O)N4CC[C@H](c5ccccc5)C4)cnn3-c3ccc(F)cc3)CC2)cn1. The number of nitrogens with zero attached hydrogens (tertiary/aromatic N) is 5. The second-order valence-corrected chi connectivity index (χ2v) is 13.3. The molecule has 4 heterocycles. The first-order valence-electron chi connectivity index (χ1n) is 14.3. The Morgan fingerprint density at radius 3 is 2.29 bits per heavy atom. The number of hydrogen-bond acceptors (Lipinski definition) is 6. The highest BCUT2D eigenvalue weighted by molar-refractivity contribution is 7.90. The van der Waals surface area contributed by atoms with Gasteiger partial charge in [-0.1, -0.05) is 36.4 Å². The van der Waals surface area contributed by atoms with Crippen molar-refractivity contribution in [1.29, 1.82) is 0 Å². The second kappa shape index (κ2) is 11.8. The molecule has 1 atom stereocenters. The number of rotatable bonds is 7. The van der Waals surface area contributed by atoms with Crippen molar-refractivity contribution in [1.82, 2.24) is 24.6 Å². The van der Waals surface area contributed by atoms with E-state index in [2.05, 4.69) is 27.1 Å². The van der Waals surface area contributed by atoms with Crippen molar-refractivity contribution in [2.75, 3.05) is 32.4 Å². The molecular weight excluding hydrogens is 553 g/mol. The van der Waals surface area contributed by atoms with Gasteiger partial charge in [0.25, 0.3) is 5.91 Å². The average Bonchev–Trinajstić information content (AvgIpc) is 3.67. The van der Waals surface area contributed by atoms with Crippen LogP contribution in [-0.2, 0) is 16.4 Å². The third kappa shape index (κ3) is 6.00. The van der Waals surface area contributed by atoms with E-state index in [1.807, 2.05) is 33.8 Å². The van der Waals surface area contributed by atoms with Gasteiger partial charge >= 0.3 is 0 Å². The van der Waals surface area contributed by atoms with E-state index >= 15 is 0 Å². The highest BCUT2D eigenvalue weighted by Crippen LogP contribution is 2.35. The zero-order chi connectivity index (χ0) is 29.3. The average molecular weight is 588 g/mol. The molecule has 218 valence electrons. The Hall–Kier alpha value is -3.89. The van der Waals surface area contributed by atoms with E-state index in [0.717, 1.165) is 55.6 Å². The van der Waals surface area contributed by atoms with Crippen LogP contribution in [0.2, 0.25) is 0 Å². The molecule has 2 aliphatic rings. The van der Waals surface area contributed by atoms with E-state index in [4.69, 9.17) is 0 Å². The maximum absolute atomic E-state index is 13.9. The molecule has 0 spiro atoms. The van der Waals surface area contributed by atoms with Gasteiger partial charge in [0.15, 0.2) is 14.9 Å². The van der Waals surface area contributed by atoms with Crippen molar-refractivity contribution in [3.63, 3.8) is 0 Å². The molecule has 6 rings (SSSR count). The van der Waals surface area contributed by atoms with Crippen molar-refractivity contribution < 1.29 is 17.6 Å². The van der Waals surface area contributed by atoms with Crippen LogP contribution in [0, 0.1) is 5.82 Å². The summed E-state index contributed by atoms with van der Waals surface area (Å²) in [5.41, 5.74) is 4.44. The summed E-state index contributed by atoms with van der Waals surface area (Å²) in [5.74, 6) is 0.0948. The van der Waals surface area contributed by atoms with Crippen LogP contribution in [0.3, 0.4) is 0 Å². The highest BCUT2D eigenvalue weighted by Gasteiger charge is 2.34. The second-order valence-electron chi connectivity index (χ2n) is 11.3. The van der Waals surface area contributed by atoms with Crippen LogP contribution in [0.4, 0.5) is 4.39 Å². The maximum Gasteiger partial charge on any atom is 0.257 e. The summed E-state index contributed by atoms with van der Waals surface area (Å²) >= 11 is 0. The van der Waals surface area contributed by atoms with Gasteiger partial charge in [0.2, 0.25) is 0 Å². The predicted octanol–water partition coefficient (Wildman–Crippen LogP) is 4.82. The van der Waals surface area contributed by atoms with Crippen LogP contribution in [0.1, 0.15) is 58.3 Å². The molecule has 2 aromatic heterocycles. The predicted molar refractivity (Wildman–Crippen MR) is 158 cm³/mol. The van der Waals surface area contributed by atoms with Crippen LogP contribution in [-0.4, -0.2) is 71.3 Å². The van der Waals surface area contributed by atoms with Gasteiger partial charge in [-0.15, -0.1) is 0 Å². The molecule has 0 aliphatic carbocycles. The number of aromatic nitrogens is 3. The van der Waals surface area contributed by atoms with Crippen LogP contribution in [0.25, 0.3) is 5.69 Å². The largest absolute Gasteiger partial charge is 0.338 e. The van der Waals surface area contributed by atoms with Crippen molar-refractivity contribution >= 4 is 15.7 Å². The van der Waals surface area contributed by atoms with E-state index in [1.54, 1.807) is 30.6 Å². The van der Waals surface area contributed by atoms with E-state index < -0.39 is 9.84 Å². The number of halogens is 1. The molecule has 42 heavy (non-hydrogen) atoms. The van der Waals surface area contributed by atoms with Gasteiger partial charge in [-0.3, -0.25) is 9.69 Å². The fourth-order valence-corrected chi connectivity index (χ4v) is 6.72. The van der Waals surface area contributed by atoms with E-state index in [-0.39, 0.29) is 22.7 Å². The van der Waals surface area contributed by atoms with Gasteiger partial charge < -0.3 is 4.90 Å².